The maximum absolute atomic E-state index is 12.5. The first kappa shape index (κ1) is 61.6. The summed E-state index contributed by atoms with van der Waals surface area (Å²) in [4.78, 5) is 24.6. The SMILES string of the molecule is CCCCCCCC/C=C\CCCCCCCCCC(=O)OCCCCCCCCCCCCC(=O)NC(CO)C(O)CCCCCCCCCCCCCCCCCCCCC. The molecule has 6 heteroatoms. The van der Waals surface area contributed by atoms with Crippen LogP contribution in [0.4, 0.5) is 0 Å². The number of aliphatic hydroxyl groups is 2. The minimum atomic E-state index is -0.679. The molecule has 0 radical (unpaired) electrons. The number of amides is 1. The summed E-state index contributed by atoms with van der Waals surface area (Å²) in [5, 5.41) is 23.3. The molecule has 1 amide bonds. The number of esters is 1. The first-order valence-corrected chi connectivity index (χ1v) is 28.4. The van der Waals surface area contributed by atoms with Crippen molar-refractivity contribution in [3.63, 3.8) is 0 Å². The number of carbonyl (C=O) groups is 2. The first-order valence-electron chi connectivity index (χ1n) is 28.4. The Bertz CT molecular complexity index is 939. The van der Waals surface area contributed by atoms with Crippen LogP contribution in [0.1, 0.15) is 316 Å². The molecule has 0 aromatic carbocycles. The van der Waals surface area contributed by atoms with Gasteiger partial charge in [0.15, 0.2) is 0 Å². The fourth-order valence-corrected chi connectivity index (χ4v) is 8.93. The number of hydrogen-bond donors (Lipinski definition) is 3. The van der Waals surface area contributed by atoms with Crippen molar-refractivity contribution in [2.24, 2.45) is 0 Å². The summed E-state index contributed by atoms with van der Waals surface area (Å²) in [5.74, 6) is -0.0760. The van der Waals surface area contributed by atoms with Crippen LogP contribution in [0.3, 0.4) is 0 Å². The lowest BCUT2D eigenvalue weighted by atomic mass is 10.0. The largest absolute Gasteiger partial charge is 0.466 e. The van der Waals surface area contributed by atoms with Gasteiger partial charge in [0.2, 0.25) is 5.91 Å². The number of hydrogen-bond acceptors (Lipinski definition) is 5. The summed E-state index contributed by atoms with van der Waals surface area (Å²) in [6.07, 6.45) is 61.9. The van der Waals surface area contributed by atoms with Crippen LogP contribution >= 0.6 is 0 Å². The smallest absolute Gasteiger partial charge is 0.305 e. The van der Waals surface area contributed by atoms with Crippen LogP contribution in [0, 0.1) is 0 Å². The minimum Gasteiger partial charge on any atom is -0.466 e. The fraction of sp³-hybridized carbons (Fsp3) is 0.930. The number of aliphatic hydroxyl groups excluding tert-OH is 2. The van der Waals surface area contributed by atoms with Crippen molar-refractivity contribution < 1.29 is 24.5 Å². The number of unbranched alkanes of at least 4 members (excludes halogenated alkanes) is 40. The second-order valence-electron chi connectivity index (χ2n) is 19.6. The number of rotatable bonds is 53. The van der Waals surface area contributed by atoms with Crippen molar-refractivity contribution in [2.75, 3.05) is 13.2 Å². The van der Waals surface area contributed by atoms with Crippen LogP contribution in [0.25, 0.3) is 0 Å². The van der Waals surface area contributed by atoms with E-state index < -0.39 is 12.1 Å². The Morgan fingerprint density at radius 3 is 1.13 bits per heavy atom. The van der Waals surface area contributed by atoms with Crippen molar-refractivity contribution in [3.8, 4) is 0 Å². The average molecular weight is 891 g/mol. The lowest BCUT2D eigenvalue weighted by Gasteiger charge is -2.22. The van der Waals surface area contributed by atoms with Gasteiger partial charge in [-0.2, -0.15) is 0 Å². The van der Waals surface area contributed by atoms with E-state index in [1.165, 1.54) is 225 Å². The Balaban J connectivity index is 3.46. The van der Waals surface area contributed by atoms with Gasteiger partial charge in [0, 0.05) is 12.8 Å². The Kier molecular flexibility index (Phi) is 52.0. The van der Waals surface area contributed by atoms with Crippen molar-refractivity contribution in [1.82, 2.24) is 5.32 Å². The van der Waals surface area contributed by atoms with E-state index in [2.05, 4.69) is 31.3 Å². The summed E-state index contributed by atoms with van der Waals surface area (Å²) in [7, 11) is 0. The Hall–Kier alpha value is -1.40. The highest BCUT2D eigenvalue weighted by Crippen LogP contribution is 2.17. The molecule has 0 rings (SSSR count). The van der Waals surface area contributed by atoms with Crippen LogP contribution in [0.5, 0.6) is 0 Å². The summed E-state index contributed by atoms with van der Waals surface area (Å²) in [6, 6.07) is -0.558. The monoisotopic (exact) mass is 890 g/mol. The highest BCUT2D eigenvalue weighted by Gasteiger charge is 2.20. The van der Waals surface area contributed by atoms with E-state index >= 15 is 0 Å². The van der Waals surface area contributed by atoms with Crippen LogP contribution in [0.2, 0.25) is 0 Å². The summed E-state index contributed by atoms with van der Waals surface area (Å²) < 4.78 is 5.47. The number of ether oxygens (including phenoxy) is 1. The summed E-state index contributed by atoms with van der Waals surface area (Å²) in [6.45, 7) is 4.92. The molecule has 2 atom stereocenters. The minimum absolute atomic E-state index is 0.0211. The quantitative estimate of drug-likeness (QED) is 0.0321. The molecule has 374 valence electrons. The van der Waals surface area contributed by atoms with Gasteiger partial charge >= 0.3 is 5.97 Å². The molecule has 3 N–H and O–H groups in total. The van der Waals surface area contributed by atoms with Crippen LogP contribution in [-0.2, 0) is 14.3 Å². The highest BCUT2D eigenvalue weighted by atomic mass is 16.5. The molecule has 0 fully saturated rings. The molecule has 6 nitrogen and oxygen atoms in total. The van der Waals surface area contributed by atoms with Gasteiger partial charge in [-0.15, -0.1) is 0 Å². The Morgan fingerprint density at radius 1 is 0.429 bits per heavy atom. The van der Waals surface area contributed by atoms with Crippen molar-refractivity contribution in [1.29, 1.82) is 0 Å². The van der Waals surface area contributed by atoms with E-state index in [1.54, 1.807) is 0 Å². The zero-order chi connectivity index (χ0) is 45.8. The third kappa shape index (κ3) is 49.9. The standard InChI is InChI=1S/C57H111NO5/c1-3-5-7-9-11-13-15-17-19-21-22-24-25-27-29-33-37-41-45-49-55(60)54(53-59)58-56(61)50-46-42-38-34-31-32-36-40-44-48-52-63-57(62)51-47-43-39-35-30-28-26-23-20-18-16-14-12-10-8-6-4-2/h18,20,54-55,59-60H,3-17,19,21-53H2,1-2H3,(H,58,61)/b20-18-. The van der Waals surface area contributed by atoms with Gasteiger partial charge in [-0.3, -0.25) is 9.59 Å². The molecule has 0 aliphatic rings. The van der Waals surface area contributed by atoms with Crippen LogP contribution < -0.4 is 5.32 Å². The third-order valence-corrected chi connectivity index (χ3v) is 13.3. The van der Waals surface area contributed by atoms with Crippen LogP contribution in [-0.4, -0.2) is 47.4 Å². The predicted molar refractivity (Wildman–Crippen MR) is 273 cm³/mol. The van der Waals surface area contributed by atoms with E-state index in [9.17, 15) is 19.8 Å². The van der Waals surface area contributed by atoms with E-state index in [-0.39, 0.29) is 18.5 Å². The molecule has 2 unspecified atom stereocenters. The topological polar surface area (TPSA) is 95.9 Å². The maximum atomic E-state index is 12.5. The third-order valence-electron chi connectivity index (χ3n) is 13.3. The van der Waals surface area contributed by atoms with Crippen molar-refractivity contribution >= 4 is 11.9 Å². The van der Waals surface area contributed by atoms with E-state index in [0.717, 1.165) is 57.8 Å². The highest BCUT2D eigenvalue weighted by molar-refractivity contribution is 5.76. The van der Waals surface area contributed by atoms with Crippen LogP contribution in [0.15, 0.2) is 12.2 Å². The molecule has 0 aliphatic heterocycles. The molecule has 0 heterocycles. The average Bonchev–Trinajstić information content (AvgIpc) is 3.28. The second-order valence-corrected chi connectivity index (χ2v) is 19.6. The van der Waals surface area contributed by atoms with Gasteiger partial charge in [-0.05, 0) is 51.4 Å². The molecular weight excluding hydrogens is 779 g/mol. The molecule has 0 saturated heterocycles. The first-order chi connectivity index (χ1) is 31.0. The fourth-order valence-electron chi connectivity index (χ4n) is 8.93. The Morgan fingerprint density at radius 2 is 0.746 bits per heavy atom. The Labute approximate surface area is 393 Å². The molecule has 63 heavy (non-hydrogen) atoms. The number of carbonyl (C=O) groups excluding carboxylic acids is 2. The van der Waals surface area contributed by atoms with Gasteiger partial charge < -0.3 is 20.3 Å². The zero-order valence-corrected chi connectivity index (χ0v) is 42.6. The molecule has 0 aromatic heterocycles. The van der Waals surface area contributed by atoms with E-state index in [0.29, 0.717) is 25.9 Å². The zero-order valence-electron chi connectivity index (χ0n) is 42.6. The lowest BCUT2D eigenvalue weighted by Crippen LogP contribution is -2.45. The molecule has 0 aliphatic carbocycles. The van der Waals surface area contributed by atoms with Gasteiger partial charge in [-0.25, -0.2) is 0 Å². The van der Waals surface area contributed by atoms with E-state index in [4.69, 9.17) is 4.74 Å². The molecule has 0 saturated carbocycles. The normalized spacial score (nSPS) is 12.6. The lowest BCUT2D eigenvalue weighted by molar-refractivity contribution is -0.143. The van der Waals surface area contributed by atoms with Gasteiger partial charge in [-0.1, -0.05) is 264 Å². The molecule has 0 aromatic rings. The maximum Gasteiger partial charge on any atom is 0.305 e. The summed E-state index contributed by atoms with van der Waals surface area (Å²) >= 11 is 0. The van der Waals surface area contributed by atoms with Gasteiger partial charge in [0.05, 0.1) is 25.4 Å². The van der Waals surface area contributed by atoms with Gasteiger partial charge in [0.25, 0.3) is 0 Å². The number of allylic oxidation sites excluding steroid dienone is 2. The van der Waals surface area contributed by atoms with Crippen molar-refractivity contribution in [2.45, 2.75) is 328 Å². The summed E-state index contributed by atoms with van der Waals surface area (Å²) in [5.41, 5.74) is 0. The van der Waals surface area contributed by atoms with E-state index in [1.807, 2.05) is 0 Å². The predicted octanol–water partition coefficient (Wildman–Crippen LogP) is 17.3. The molecule has 0 spiro atoms. The molecule has 0 bridgehead atoms. The van der Waals surface area contributed by atoms with Gasteiger partial charge in [0.1, 0.15) is 0 Å². The second kappa shape index (κ2) is 53.2. The molecular formula is C57H111NO5. The van der Waals surface area contributed by atoms with Crippen molar-refractivity contribution in [3.05, 3.63) is 12.2 Å². The number of nitrogens with one attached hydrogen (secondary N) is 1.